The number of hydrogen-bond acceptors (Lipinski definition) is 3. The fourth-order valence-corrected chi connectivity index (χ4v) is 3.47. The normalized spacial score (nSPS) is 26.4. The van der Waals surface area contributed by atoms with Crippen LogP contribution >= 0.6 is 0 Å². The molecule has 0 saturated carbocycles. The molecule has 2 aliphatic heterocycles. The highest BCUT2D eigenvalue weighted by atomic mass is 16.5. The Morgan fingerprint density at radius 3 is 2.86 bits per heavy atom. The molecular weight excluding hydrogens is 260 g/mol. The highest BCUT2D eigenvalue weighted by Gasteiger charge is 2.32. The molecule has 1 aromatic rings. The van der Waals surface area contributed by atoms with Crippen molar-refractivity contribution in [1.82, 2.24) is 10.2 Å². The first-order chi connectivity index (χ1) is 10.0. The molecule has 1 fully saturated rings. The molecule has 1 saturated heterocycles. The summed E-state index contributed by atoms with van der Waals surface area (Å²) in [6.07, 6.45) is 2.43. The summed E-state index contributed by atoms with van der Waals surface area (Å²) in [6, 6.07) is 9.10. The second kappa shape index (κ2) is 5.98. The Kier molecular flexibility index (Phi) is 4.23. The largest absolute Gasteiger partial charge is 0.493 e. The molecule has 0 spiro atoms. The van der Waals surface area contributed by atoms with Crippen molar-refractivity contribution in [3.63, 3.8) is 0 Å². The number of hydrogen-bond donors (Lipinski definition) is 1. The molecule has 2 atom stereocenters. The van der Waals surface area contributed by atoms with E-state index in [0.717, 1.165) is 31.2 Å². The molecule has 0 aliphatic carbocycles. The van der Waals surface area contributed by atoms with Gasteiger partial charge in [-0.15, -0.1) is 0 Å². The second-order valence-corrected chi connectivity index (χ2v) is 7.47. The van der Waals surface area contributed by atoms with E-state index in [4.69, 9.17) is 4.74 Å². The van der Waals surface area contributed by atoms with E-state index >= 15 is 0 Å². The van der Waals surface area contributed by atoms with E-state index in [1.807, 2.05) is 0 Å². The highest BCUT2D eigenvalue weighted by Crippen LogP contribution is 2.38. The number of rotatable bonds is 3. The smallest absolute Gasteiger partial charge is 0.124 e. The van der Waals surface area contributed by atoms with Crippen LogP contribution in [-0.2, 0) is 0 Å². The number of para-hydroxylation sites is 1. The summed E-state index contributed by atoms with van der Waals surface area (Å²) in [5, 5.41) is 3.66. The minimum Gasteiger partial charge on any atom is -0.493 e. The molecule has 0 aromatic heterocycles. The molecular formula is C18H28N2O. The lowest BCUT2D eigenvalue weighted by molar-refractivity contribution is 0.160. The van der Waals surface area contributed by atoms with Gasteiger partial charge in [0.05, 0.1) is 6.61 Å². The maximum absolute atomic E-state index is 5.79. The highest BCUT2D eigenvalue weighted by molar-refractivity contribution is 5.37. The predicted molar refractivity (Wildman–Crippen MR) is 86.7 cm³/mol. The van der Waals surface area contributed by atoms with Crippen LogP contribution in [0.5, 0.6) is 5.75 Å². The van der Waals surface area contributed by atoms with Gasteiger partial charge < -0.3 is 10.1 Å². The number of nitrogens with one attached hydrogen (secondary N) is 1. The van der Waals surface area contributed by atoms with Gasteiger partial charge in [-0.1, -0.05) is 18.2 Å². The van der Waals surface area contributed by atoms with Crippen molar-refractivity contribution in [2.45, 2.75) is 45.2 Å². The summed E-state index contributed by atoms with van der Waals surface area (Å²) in [6.45, 7) is 11.1. The Morgan fingerprint density at radius 2 is 2.05 bits per heavy atom. The average Bonchev–Trinajstić information content (AvgIpc) is 2.92. The van der Waals surface area contributed by atoms with E-state index in [9.17, 15) is 0 Å². The molecule has 3 rings (SSSR count). The number of ether oxygens (including phenoxy) is 1. The standard InChI is InChI=1S/C18H28N2O/c1-18(2,3)19-12-14-8-10-20(13-14)16-9-11-21-17-7-5-4-6-15(16)17/h4-7,14,16,19H,8-13H2,1-3H3. The maximum atomic E-state index is 5.79. The van der Waals surface area contributed by atoms with Gasteiger partial charge in [-0.2, -0.15) is 0 Å². The third-order valence-corrected chi connectivity index (χ3v) is 4.61. The SMILES string of the molecule is CC(C)(C)NCC1CCN(C2CCOc3ccccc32)C1. The van der Waals surface area contributed by atoms with Crippen molar-refractivity contribution < 1.29 is 4.74 Å². The number of likely N-dealkylation sites (tertiary alicyclic amines) is 1. The lowest BCUT2D eigenvalue weighted by Crippen LogP contribution is -2.40. The molecule has 3 heteroatoms. The van der Waals surface area contributed by atoms with Crippen molar-refractivity contribution in [3.05, 3.63) is 29.8 Å². The Balaban J connectivity index is 1.62. The molecule has 0 amide bonds. The van der Waals surface area contributed by atoms with Crippen LogP contribution in [0.4, 0.5) is 0 Å². The van der Waals surface area contributed by atoms with Gasteiger partial charge in [-0.3, -0.25) is 4.90 Å². The number of fused-ring (bicyclic) bond motifs is 1. The average molecular weight is 288 g/mol. The molecule has 0 radical (unpaired) electrons. The molecule has 0 bridgehead atoms. The Hall–Kier alpha value is -1.06. The molecule has 2 unspecified atom stereocenters. The first kappa shape index (κ1) is 14.9. The summed E-state index contributed by atoms with van der Waals surface area (Å²) in [5.74, 6) is 1.87. The van der Waals surface area contributed by atoms with Gasteiger partial charge in [0.2, 0.25) is 0 Å². The van der Waals surface area contributed by atoms with Crippen LogP contribution in [0.2, 0.25) is 0 Å². The Morgan fingerprint density at radius 1 is 1.24 bits per heavy atom. The summed E-state index contributed by atoms with van der Waals surface area (Å²) in [5.41, 5.74) is 1.60. The van der Waals surface area contributed by atoms with Crippen LogP contribution in [0.15, 0.2) is 24.3 Å². The van der Waals surface area contributed by atoms with Gasteiger partial charge in [-0.25, -0.2) is 0 Å². The molecule has 116 valence electrons. The van der Waals surface area contributed by atoms with E-state index in [1.54, 1.807) is 0 Å². The first-order valence-electron chi connectivity index (χ1n) is 8.24. The predicted octanol–water partition coefficient (Wildman–Crippen LogP) is 3.22. The number of benzene rings is 1. The molecule has 1 aromatic carbocycles. The lowest BCUT2D eigenvalue weighted by Gasteiger charge is -2.33. The Labute approximate surface area is 128 Å². The van der Waals surface area contributed by atoms with E-state index < -0.39 is 0 Å². The summed E-state index contributed by atoms with van der Waals surface area (Å²) < 4.78 is 5.79. The van der Waals surface area contributed by atoms with Crippen LogP contribution in [0, 0.1) is 5.92 Å². The monoisotopic (exact) mass is 288 g/mol. The van der Waals surface area contributed by atoms with E-state index in [1.165, 1.54) is 25.1 Å². The fraction of sp³-hybridized carbons (Fsp3) is 0.667. The minimum atomic E-state index is 0.221. The van der Waals surface area contributed by atoms with Gasteiger partial charge in [-0.05, 0) is 52.3 Å². The third kappa shape index (κ3) is 3.58. The van der Waals surface area contributed by atoms with Crippen molar-refractivity contribution >= 4 is 0 Å². The zero-order valence-corrected chi connectivity index (χ0v) is 13.6. The summed E-state index contributed by atoms with van der Waals surface area (Å²) in [7, 11) is 0. The quantitative estimate of drug-likeness (QED) is 0.924. The maximum Gasteiger partial charge on any atom is 0.124 e. The van der Waals surface area contributed by atoms with Crippen LogP contribution < -0.4 is 10.1 Å². The second-order valence-electron chi connectivity index (χ2n) is 7.47. The lowest BCUT2D eigenvalue weighted by atomic mass is 9.99. The summed E-state index contributed by atoms with van der Waals surface area (Å²) >= 11 is 0. The van der Waals surface area contributed by atoms with E-state index in [0.29, 0.717) is 6.04 Å². The van der Waals surface area contributed by atoms with Crippen LogP contribution in [0.3, 0.4) is 0 Å². The van der Waals surface area contributed by atoms with Crippen LogP contribution in [-0.4, -0.2) is 36.7 Å². The molecule has 2 aliphatic rings. The zero-order valence-electron chi connectivity index (χ0n) is 13.6. The number of nitrogens with zero attached hydrogens (tertiary/aromatic N) is 1. The Bertz CT molecular complexity index is 480. The molecule has 21 heavy (non-hydrogen) atoms. The topological polar surface area (TPSA) is 24.5 Å². The third-order valence-electron chi connectivity index (χ3n) is 4.61. The zero-order chi connectivity index (χ0) is 14.9. The summed E-state index contributed by atoms with van der Waals surface area (Å²) in [4.78, 5) is 2.66. The fourth-order valence-electron chi connectivity index (χ4n) is 3.47. The van der Waals surface area contributed by atoms with Crippen molar-refractivity contribution in [3.8, 4) is 5.75 Å². The minimum absolute atomic E-state index is 0.221. The molecule has 1 N–H and O–H groups in total. The van der Waals surface area contributed by atoms with E-state index in [-0.39, 0.29) is 5.54 Å². The van der Waals surface area contributed by atoms with Crippen molar-refractivity contribution in [2.75, 3.05) is 26.2 Å². The van der Waals surface area contributed by atoms with Crippen LogP contribution in [0.25, 0.3) is 0 Å². The van der Waals surface area contributed by atoms with Gasteiger partial charge >= 0.3 is 0 Å². The first-order valence-corrected chi connectivity index (χ1v) is 8.24. The molecule has 3 nitrogen and oxygen atoms in total. The van der Waals surface area contributed by atoms with Crippen molar-refractivity contribution in [1.29, 1.82) is 0 Å². The van der Waals surface area contributed by atoms with Gasteiger partial charge in [0.15, 0.2) is 0 Å². The molecule has 2 heterocycles. The van der Waals surface area contributed by atoms with Crippen LogP contribution in [0.1, 0.15) is 45.2 Å². The van der Waals surface area contributed by atoms with Gasteiger partial charge in [0.25, 0.3) is 0 Å². The van der Waals surface area contributed by atoms with Gasteiger partial charge in [0, 0.05) is 30.1 Å². The van der Waals surface area contributed by atoms with Crippen molar-refractivity contribution in [2.24, 2.45) is 5.92 Å². The van der Waals surface area contributed by atoms with Gasteiger partial charge in [0.1, 0.15) is 5.75 Å². The van der Waals surface area contributed by atoms with E-state index in [2.05, 4.69) is 55.3 Å².